The Kier molecular flexibility index (Phi) is 2.02. The number of pyridine rings is 1. The number of hydrogen-bond acceptors (Lipinski definition) is 4. The highest BCUT2D eigenvalue weighted by Gasteiger charge is 2.10. The maximum absolute atomic E-state index is 10.9. The van der Waals surface area contributed by atoms with Crippen LogP contribution in [0.3, 0.4) is 0 Å². The molecule has 0 N–H and O–H groups in total. The molecule has 0 aliphatic heterocycles. The fraction of sp³-hybridized carbons (Fsp3) is 0. The molecule has 0 atom stereocenters. The Bertz CT molecular complexity index is 546. The highest BCUT2D eigenvalue weighted by Crippen LogP contribution is 2.22. The summed E-state index contributed by atoms with van der Waals surface area (Å²) < 4.78 is 21.9. The average molecular weight is 234 g/mol. The van der Waals surface area contributed by atoms with Crippen LogP contribution in [0.5, 0.6) is 0 Å². The standard InChI is InChI=1S/C7H4ClNO2S2/c8-13(10,11)6-3-5-1-2-12-7(5)9-4-6/h1-4H. The van der Waals surface area contributed by atoms with Crippen LogP contribution in [0.2, 0.25) is 0 Å². The zero-order chi connectivity index (χ0) is 9.47. The van der Waals surface area contributed by atoms with Crippen molar-refractivity contribution >= 4 is 41.3 Å². The van der Waals surface area contributed by atoms with Crippen molar-refractivity contribution in [3.63, 3.8) is 0 Å². The second kappa shape index (κ2) is 2.94. The fourth-order valence-corrected chi connectivity index (χ4v) is 2.39. The number of fused-ring (bicyclic) bond motifs is 1. The van der Waals surface area contributed by atoms with Gasteiger partial charge in [0.05, 0.1) is 0 Å². The highest BCUT2D eigenvalue weighted by molar-refractivity contribution is 8.13. The Labute approximate surface area is 83.4 Å². The lowest BCUT2D eigenvalue weighted by Gasteiger charge is -1.94. The van der Waals surface area contributed by atoms with E-state index < -0.39 is 9.05 Å². The molecule has 3 nitrogen and oxygen atoms in total. The van der Waals surface area contributed by atoms with E-state index in [1.807, 2.05) is 5.38 Å². The van der Waals surface area contributed by atoms with E-state index in [0.29, 0.717) is 0 Å². The molecule has 2 aromatic heterocycles. The van der Waals surface area contributed by atoms with Crippen LogP contribution < -0.4 is 0 Å². The van der Waals surface area contributed by atoms with Gasteiger partial charge in [0.15, 0.2) is 0 Å². The zero-order valence-electron chi connectivity index (χ0n) is 6.27. The van der Waals surface area contributed by atoms with Crippen molar-refractivity contribution in [1.82, 2.24) is 4.98 Å². The fourth-order valence-electron chi connectivity index (χ4n) is 0.972. The molecule has 0 spiro atoms. The van der Waals surface area contributed by atoms with Gasteiger partial charge < -0.3 is 0 Å². The summed E-state index contributed by atoms with van der Waals surface area (Å²) in [6, 6.07) is 3.32. The molecule has 0 aliphatic carbocycles. The van der Waals surface area contributed by atoms with Crippen molar-refractivity contribution in [3.05, 3.63) is 23.7 Å². The van der Waals surface area contributed by atoms with Crippen LogP contribution in [-0.2, 0) is 9.05 Å². The quantitative estimate of drug-likeness (QED) is 0.710. The number of nitrogens with zero attached hydrogens (tertiary/aromatic N) is 1. The van der Waals surface area contributed by atoms with Crippen LogP contribution in [0.4, 0.5) is 0 Å². The minimum absolute atomic E-state index is 0.0417. The van der Waals surface area contributed by atoms with Crippen molar-refractivity contribution in [1.29, 1.82) is 0 Å². The molecule has 68 valence electrons. The second-order valence-electron chi connectivity index (χ2n) is 2.42. The predicted octanol–water partition coefficient (Wildman–Crippen LogP) is 2.22. The number of aromatic nitrogens is 1. The van der Waals surface area contributed by atoms with Gasteiger partial charge in [-0.15, -0.1) is 11.3 Å². The predicted molar refractivity (Wildman–Crippen MR) is 52.7 cm³/mol. The van der Waals surface area contributed by atoms with E-state index >= 15 is 0 Å². The lowest BCUT2D eigenvalue weighted by Crippen LogP contribution is -1.90. The molecule has 0 unspecified atom stereocenters. The topological polar surface area (TPSA) is 47.0 Å². The molecule has 0 bridgehead atoms. The van der Waals surface area contributed by atoms with Gasteiger partial charge in [0.2, 0.25) is 0 Å². The lowest BCUT2D eigenvalue weighted by atomic mass is 10.3. The third-order valence-corrected chi connectivity index (χ3v) is 3.72. The molecule has 0 aromatic carbocycles. The molecule has 2 aromatic rings. The van der Waals surface area contributed by atoms with E-state index in [4.69, 9.17) is 10.7 Å². The van der Waals surface area contributed by atoms with Crippen LogP contribution in [0.15, 0.2) is 28.6 Å². The van der Waals surface area contributed by atoms with Gasteiger partial charge in [0.25, 0.3) is 9.05 Å². The first-order valence-electron chi connectivity index (χ1n) is 3.35. The monoisotopic (exact) mass is 233 g/mol. The molecule has 0 fully saturated rings. The van der Waals surface area contributed by atoms with E-state index in [0.717, 1.165) is 10.2 Å². The first kappa shape index (κ1) is 8.93. The van der Waals surface area contributed by atoms with Crippen molar-refractivity contribution < 1.29 is 8.42 Å². The van der Waals surface area contributed by atoms with Gasteiger partial charge in [0, 0.05) is 22.3 Å². The molecule has 0 saturated carbocycles. The van der Waals surface area contributed by atoms with Crippen LogP contribution >= 0.6 is 22.0 Å². The summed E-state index contributed by atoms with van der Waals surface area (Å²) in [5.41, 5.74) is 0. The molecule has 2 heterocycles. The Balaban J connectivity index is 2.75. The molecule has 2 rings (SSSR count). The normalized spacial score (nSPS) is 12.1. The Morgan fingerprint density at radius 2 is 2.23 bits per heavy atom. The largest absolute Gasteiger partial charge is 0.262 e. The molecule has 0 amide bonds. The minimum atomic E-state index is -3.66. The van der Waals surface area contributed by atoms with E-state index in [-0.39, 0.29) is 4.90 Å². The molecular weight excluding hydrogens is 230 g/mol. The van der Waals surface area contributed by atoms with Crippen molar-refractivity contribution in [2.45, 2.75) is 4.90 Å². The SMILES string of the molecule is O=S(=O)(Cl)c1cnc2sccc2c1. The van der Waals surface area contributed by atoms with Crippen molar-refractivity contribution in [3.8, 4) is 0 Å². The minimum Gasteiger partial charge on any atom is -0.244 e. The van der Waals surface area contributed by atoms with Crippen molar-refractivity contribution in [2.24, 2.45) is 0 Å². The number of thiophene rings is 1. The van der Waals surface area contributed by atoms with Gasteiger partial charge in [-0.3, -0.25) is 0 Å². The summed E-state index contributed by atoms with van der Waals surface area (Å²) in [4.78, 5) is 4.81. The smallest absolute Gasteiger partial charge is 0.244 e. The lowest BCUT2D eigenvalue weighted by molar-refractivity contribution is 0.609. The number of rotatable bonds is 1. The molecule has 13 heavy (non-hydrogen) atoms. The number of halogens is 1. The maximum Gasteiger partial charge on any atom is 0.262 e. The van der Waals surface area contributed by atoms with E-state index in [1.165, 1.54) is 23.6 Å². The molecule has 0 saturated heterocycles. The average Bonchev–Trinajstić information content (AvgIpc) is 2.47. The first-order chi connectivity index (χ1) is 6.07. The zero-order valence-corrected chi connectivity index (χ0v) is 8.66. The summed E-state index contributed by atoms with van der Waals surface area (Å²) in [6.45, 7) is 0. The van der Waals surface area contributed by atoms with Crippen LogP contribution in [-0.4, -0.2) is 13.4 Å². The molecule has 0 radical (unpaired) electrons. The summed E-state index contributed by atoms with van der Waals surface area (Å²) in [7, 11) is 1.50. The van der Waals surface area contributed by atoms with E-state index in [9.17, 15) is 8.42 Å². The summed E-state index contributed by atoms with van der Waals surface area (Å²) in [5.74, 6) is 0. The van der Waals surface area contributed by atoms with Crippen molar-refractivity contribution in [2.75, 3.05) is 0 Å². The van der Waals surface area contributed by atoms with E-state index in [1.54, 1.807) is 6.07 Å². The third-order valence-electron chi connectivity index (χ3n) is 1.56. The molecule has 0 aliphatic rings. The Hall–Kier alpha value is -0.650. The van der Waals surface area contributed by atoms with Gasteiger partial charge in [0.1, 0.15) is 9.73 Å². The van der Waals surface area contributed by atoms with Crippen LogP contribution in [0.25, 0.3) is 10.2 Å². The van der Waals surface area contributed by atoms with Gasteiger partial charge in [-0.1, -0.05) is 0 Å². The first-order valence-corrected chi connectivity index (χ1v) is 6.54. The van der Waals surface area contributed by atoms with Gasteiger partial charge in [-0.2, -0.15) is 0 Å². The van der Waals surface area contributed by atoms with Gasteiger partial charge >= 0.3 is 0 Å². The van der Waals surface area contributed by atoms with Crippen LogP contribution in [0.1, 0.15) is 0 Å². The molecule has 6 heteroatoms. The van der Waals surface area contributed by atoms with Crippen LogP contribution in [0, 0.1) is 0 Å². The Morgan fingerprint density at radius 3 is 2.92 bits per heavy atom. The number of hydrogen-bond donors (Lipinski definition) is 0. The summed E-state index contributed by atoms with van der Waals surface area (Å²) >= 11 is 1.46. The second-order valence-corrected chi connectivity index (χ2v) is 5.88. The van der Waals surface area contributed by atoms with Gasteiger partial charge in [-0.25, -0.2) is 13.4 Å². The van der Waals surface area contributed by atoms with Gasteiger partial charge in [-0.05, 0) is 17.5 Å². The maximum atomic E-state index is 10.9. The highest BCUT2D eigenvalue weighted by atomic mass is 35.7. The molecular formula is C7H4ClNO2S2. The Morgan fingerprint density at radius 1 is 1.46 bits per heavy atom. The summed E-state index contributed by atoms with van der Waals surface area (Å²) in [6.07, 6.45) is 1.27. The van der Waals surface area contributed by atoms with E-state index in [2.05, 4.69) is 4.98 Å². The summed E-state index contributed by atoms with van der Waals surface area (Å²) in [5, 5.41) is 2.65. The third kappa shape index (κ3) is 1.67.